The molecule has 0 amide bonds. The van der Waals surface area contributed by atoms with Crippen LogP contribution in [0.1, 0.15) is 61.8 Å². The lowest BCUT2D eigenvalue weighted by molar-refractivity contribution is 0.0935. The summed E-state index contributed by atoms with van der Waals surface area (Å²) in [6.07, 6.45) is 3.67. The van der Waals surface area contributed by atoms with Gasteiger partial charge in [0.1, 0.15) is 23.1 Å². The van der Waals surface area contributed by atoms with E-state index in [1.807, 2.05) is 47.1 Å². The van der Waals surface area contributed by atoms with Crippen LogP contribution in [0.2, 0.25) is 0 Å². The van der Waals surface area contributed by atoms with Gasteiger partial charge >= 0.3 is 0 Å². The van der Waals surface area contributed by atoms with Crippen molar-refractivity contribution in [3.05, 3.63) is 83.9 Å². The first-order valence-corrected chi connectivity index (χ1v) is 14.5. The van der Waals surface area contributed by atoms with Crippen molar-refractivity contribution in [3.63, 3.8) is 0 Å². The Kier molecular flexibility index (Phi) is 7.02. The van der Waals surface area contributed by atoms with Gasteiger partial charge in [0.15, 0.2) is 11.5 Å². The molecule has 216 valence electrons. The number of halogens is 1. The molecule has 5 aromatic rings. The fraction of sp³-hybridized carbons (Fsp3) is 0.387. The molecular weight excluding hydrogens is 535 g/mol. The Balaban J connectivity index is 1.13. The van der Waals surface area contributed by atoms with Gasteiger partial charge in [-0.05, 0) is 54.8 Å². The number of morpholine rings is 1. The highest BCUT2D eigenvalue weighted by Crippen LogP contribution is 2.32. The number of pyridine rings is 1. The van der Waals surface area contributed by atoms with Crippen LogP contribution in [0.4, 0.5) is 16.0 Å². The largest absolute Gasteiger partial charge is 0.377 e. The van der Waals surface area contributed by atoms with Crippen LogP contribution in [-0.2, 0) is 4.74 Å². The molecule has 7 rings (SSSR count). The molecule has 2 fully saturated rings. The second-order valence-electron chi connectivity index (χ2n) is 11.2. The number of hydrogen-bond acceptors (Lipinski definition) is 9. The first-order chi connectivity index (χ1) is 20.5. The van der Waals surface area contributed by atoms with E-state index < -0.39 is 0 Å². The summed E-state index contributed by atoms with van der Waals surface area (Å²) in [5, 5.41) is 9.13. The van der Waals surface area contributed by atoms with Gasteiger partial charge in [0.05, 0.1) is 31.1 Å². The normalized spacial score (nSPS) is 18.3. The van der Waals surface area contributed by atoms with Gasteiger partial charge in [0.25, 0.3) is 0 Å². The lowest BCUT2D eigenvalue weighted by atomic mass is 9.96. The predicted octanol–water partition coefficient (Wildman–Crippen LogP) is 5.40. The monoisotopic (exact) mass is 568 g/mol. The summed E-state index contributed by atoms with van der Waals surface area (Å²) < 4.78 is 27.2. The van der Waals surface area contributed by atoms with Crippen molar-refractivity contribution in [2.75, 3.05) is 42.6 Å². The van der Waals surface area contributed by atoms with Crippen molar-refractivity contribution in [2.45, 2.75) is 44.6 Å². The Morgan fingerprint density at radius 3 is 2.62 bits per heavy atom. The molecule has 0 radical (unpaired) electrons. The number of fused-ring (bicyclic) bond motifs is 1. The third-order valence-corrected chi connectivity index (χ3v) is 8.14. The number of hydrogen-bond donors (Lipinski definition) is 0. The van der Waals surface area contributed by atoms with Crippen LogP contribution >= 0.6 is 0 Å². The first kappa shape index (κ1) is 26.5. The number of anilines is 2. The van der Waals surface area contributed by atoms with Crippen molar-refractivity contribution in [2.24, 2.45) is 0 Å². The molecule has 1 aromatic carbocycles. The van der Waals surface area contributed by atoms with Gasteiger partial charge in [-0.1, -0.05) is 37.2 Å². The number of imidazole rings is 1. The van der Waals surface area contributed by atoms with Crippen LogP contribution in [0.25, 0.3) is 17.0 Å². The van der Waals surface area contributed by atoms with Crippen LogP contribution in [-0.4, -0.2) is 62.6 Å². The molecule has 2 aliphatic rings. The SMILES string of the molecule is CC(C)c1noc(C2CCN(c3cccc(-c4cnc5ccc(N6CCOCC6c6cccc(F)c6)nn45)n3)CC2)n1. The number of ether oxygens (including phenoxy) is 1. The van der Waals surface area contributed by atoms with Gasteiger partial charge < -0.3 is 19.1 Å². The van der Waals surface area contributed by atoms with Gasteiger partial charge in [-0.15, -0.1) is 5.10 Å². The molecular formula is C31H33FN8O2. The van der Waals surface area contributed by atoms with Gasteiger partial charge in [-0.2, -0.15) is 4.98 Å². The van der Waals surface area contributed by atoms with Crippen molar-refractivity contribution >= 4 is 17.3 Å². The Labute approximate surface area is 243 Å². The van der Waals surface area contributed by atoms with E-state index in [0.717, 1.165) is 71.9 Å². The van der Waals surface area contributed by atoms with Crippen LogP contribution in [0, 0.1) is 5.82 Å². The Hall–Kier alpha value is -4.38. The van der Waals surface area contributed by atoms with Gasteiger partial charge in [0.2, 0.25) is 5.89 Å². The fourth-order valence-electron chi connectivity index (χ4n) is 5.80. The maximum Gasteiger partial charge on any atom is 0.229 e. The minimum atomic E-state index is -0.261. The molecule has 2 aliphatic heterocycles. The van der Waals surface area contributed by atoms with Crippen LogP contribution in [0.15, 0.2) is 65.3 Å². The molecule has 10 nitrogen and oxygen atoms in total. The first-order valence-electron chi connectivity index (χ1n) is 14.5. The molecule has 0 saturated carbocycles. The molecule has 0 bridgehead atoms. The van der Waals surface area contributed by atoms with E-state index in [9.17, 15) is 4.39 Å². The van der Waals surface area contributed by atoms with Crippen LogP contribution < -0.4 is 9.80 Å². The Morgan fingerprint density at radius 2 is 1.81 bits per heavy atom. The number of benzene rings is 1. The van der Waals surface area contributed by atoms with E-state index in [1.165, 1.54) is 6.07 Å². The fourth-order valence-corrected chi connectivity index (χ4v) is 5.80. The number of rotatable bonds is 6. The number of aromatic nitrogens is 6. The Bertz CT molecular complexity index is 1690. The molecule has 42 heavy (non-hydrogen) atoms. The molecule has 6 heterocycles. The second-order valence-corrected chi connectivity index (χ2v) is 11.2. The van der Waals surface area contributed by atoms with E-state index >= 15 is 0 Å². The van der Waals surface area contributed by atoms with Gasteiger partial charge in [-0.25, -0.2) is 18.9 Å². The number of piperidine rings is 1. The molecule has 4 aromatic heterocycles. The average Bonchev–Trinajstić information content (AvgIpc) is 3.69. The number of nitrogens with zero attached hydrogens (tertiary/aromatic N) is 8. The minimum absolute atomic E-state index is 0.139. The summed E-state index contributed by atoms with van der Waals surface area (Å²) in [6, 6.07) is 16.5. The molecule has 11 heteroatoms. The second kappa shape index (κ2) is 11.1. The van der Waals surface area contributed by atoms with E-state index in [2.05, 4.69) is 38.8 Å². The summed E-state index contributed by atoms with van der Waals surface area (Å²) in [6.45, 7) is 7.54. The van der Waals surface area contributed by atoms with Gasteiger partial charge in [0, 0.05) is 31.5 Å². The van der Waals surface area contributed by atoms with Crippen molar-refractivity contribution < 1.29 is 13.7 Å². The van der Waals surface area contributed by atoms with Crippen molar-refractivity contribution in [1.82, 2.24) is 29.7 Å². The highest BCUT2D eigenvalue weighted by Gasteiger charge is 2.28. The minimum Gasteiger partial charge on any atom is -0.377 e. The molecule has 1 atom stereocenters. The summed E-state index contributed by atoms with van der Waals surface area (Å²) in [4.78, 5) is 18.7. The van der Waals surface area contributed by atoms with E-state index in [-0.39, 0.29) is 23.7 Å². The van der Waals surface area contributed by atoms with Crippen molar-refractivity contribution in [1.29, 1.82) is 0 Å². The quantitative estimate of drug-likeness (QED) is 0.267. The molecule has 0 N–H and O–H groups in total. The lowest BCUT2D eigenvalue weighted by Gasteiger charge is -2.36. The topological polar surface area (TPSA) is 97.7 Å². The highest BCUT2D eigenvalue weighted by molar-refractivity contribution is 5.62. The highest BCUT2D eigenvalue weighted by atomic mass is 19.1. The van der Waals surface area contributed by atoms with Crippen LogP contribution in [0.3, 0.4) is 0 Å². The zero-order valence-corrected chi connectivity index (χ0v) is 23.7. The third-order valence-electron chi connectivity index (χ3n) is 8.14. The van der Waals surface area contributed by atoms with Crippen LogP contribution in [0.5, 0.6) is 0 Å². The van der Waals surface area contributed by atoms with E-state index in [1.54, 1.807) is 12.1 Å². The summed E-state index contributed by atoms with van der Waals surface area (Å²) >= 11 is 0. The van der Waals surface area contributed by atoms with Crippen molar-refractivity contribution in [3.8, 4) is 11.4 Å². The average molecular weight is 569 g/mol. The smallest absolute Gasteiger partial charge is 0.229 e. The summed E-state index contributed by atoms with van der Waals surface area (Å²) in [5.74, 6) is 3.47. The maximum absolute atomic E-state index is 14.0. The molecule has 1 unspecified atom stereocenters. The van der Waals surface area contributed by atoms with E-state index in [0.29, 0.717) is 19.8 Å². The molecule has 2 saturated heterocycles. The third kappa shape index (κ3) is 5.09. The standard InChI is InChI=1S/C31H33FN8O2/c1-20(2)30-35-31(42-37-30)21-11-13-38(14-12-21)28-8-4-7-24(34-28)25-18-33-27-9-10-29(36-40(25)27)39-15-16-41-19-26(39)22-5-3-6-23(32)17-22/h3-10,17-18,20-21,26H,11-16,19H2,1-2H3. The molecule has 0 aliphatic carbocycles. The maximum atomic E-state index is 14.0. The summed E-state index contributed by atoms with van der Waals surface area (Å²) in [5.41, 5.74) is 3.21. The summed E-state index contributed by atoms with van der Waals surface area (Å²) in [7, 11) is 0. The zero-order valence-electron chi connectivity index (χ0n) is 23.7. The Morgan fingerprint density at radius 1 is 0.952 bits per heavy atom. The zero-order chi connectivity index (χ0) is 28.6. The van der Waals surface area contributed by atoms with E-state index in [4.69, 9.17) is 19.3 Å². The predicted molar refractivity (Wildman–Crippen MR) is 156 cm³/mol. The van der Waals surface area contributed by atoms with Gasteiger partial charge in [-0.3, -0.25) is 0 Å². The lowest BCUT2D eigenvalue weighted by Crippen LogP contribution is -2.40. The molecule has 0 spiro atoms.